The molecule has 0 spiro atoms. The van der Waals surface area contributed by atoms with Crippen LogP contribution in [0, 0.1) is 0 Å². The number of carbonyl (C=O) groups excluding carboxylic acids is 1. The highest BCUT2D eigenvalue weighted by Gasteiger charge is 2.18. The van der Waals surface area contributed by atoms with Crippen LogP contribution in [0.1, 0.15) is 18.9 Å². The lowest BCUT2D eigenvalue weighted by molar-refractivity contribution is 0.201. The predicted octanol–water partition coefficient (Wildman–Crippen LogP) is 2.30. The van der Waals surface area contributed by atoms with Gasteiger partial charge < -0.3 is 10.2 Å². The van der Waals surface area contributed by atoms with E-state index >= 15 is 0 Å². The third-order valence-electron chi connectivity index (χ3n) is 3.85. The molecule has 0 aromatic carbocycles. The lowest BCUT2D eigenvalue weighted by Crippen LogP contribution is -2.40. The molecule has 7 heteroatoms. The van der Waals surface area contributed by atoms with Crippen molar-refractivity contribution < 1.29 is 4.79 Å². The van der Waals surface area contributed by atoms with Crippen molar-refractivity contribution in [1.29, 1.82) is 0 Å². The van der Waals surface area contributed by atoms with Gasteiger partial charge in [0.25, 0.3) is 0 Å². The second kappa shape index (κ2) is 7.50. The average molecular weight is 331 g/mol. The Morgan fingerprint density at radius 3 is 3.17 bits per heavy atom. The lowest BCUT2D eigenvalue weighted by Gasteiger charge is -2.20. The van der Waals surface area contributed by atoms with Crippen molar-refractivity contribution in [3.8, 4) is 5.82 Å². The van der Waals surface area contributed by atoms with Crippen molar-refractivity contribution in [3.05, 3.63) is 42.4 Å². The maximum atomic E-state index is 12.3. The van der Waals surface area contributed by atoms with Crippen LogP contribution < -0.4 is 5.32 Å². The molecule has 6 nitrogen and oxygen atoms in total. The Morgan fingerprint density at radius 1 is 1.43 bits per heavy atom. The van der Waals surface area contributed by atoms with Gasteiger partial charge in [0.15, 0.2) is 5.82 Å². The normalized spacial score (nSPS) is 18.5. The number of hydrogen-bond donors (Lipinski definition) is 1. The van der Waals surface area contributed by atoms with E-state index < -0.39 is 0 Å². The number of pyridine rings is 1. The second-order valence-corrected chi connectivity index (χ2v) is 7.14. The predicted molar refractivity (Wildman–Crippen MR) is 91.7 cm³/mol. The summed E-state index contributed by atoms with van der Waals surface area (Å²) in [5.41, 5.74) is 1.01. The van der Waals surface area contributed by atoms with E-state index in [-0.39, 0.29) is 6.03 Å². The lowest BCUT2D eigenvalue weighted by atomic mass is 10.2. The van der Waals surface area contributed by atoms with E-state index in [4.69, 9.17) is 0 Å². The van der Waals surface area contributed by atoms with Crippen LogP contribution >= 0.6 is 11.8 Å². The first-order valence-corrected chi connectivity index (χ1v) is 8.86. The van der Waals surface area contributed by atoms with Gasteiger partial charge in [0.05, 0.1) is 0 Å². The quantitative estimate of drug-likeness (QED) is 0.937. The molecule has 1 fully saturated rings. The summed E-state index contributed by atoms with van der Waals surface area (Å²) in [4.78, 5) is 18.5. The van der Waals surface area contributed by atoms with E-state index in [0.29, 0.717) is 11.8 Å². The minimum absolute atomic E-state index is 0.0113. The van der Waals surface area contributed by atoms with E-state index in [2.05, 4.69) is 22.3 Å². The standard InChI is InChI=1S/C16H21N5OS/c1-13-4-8-20(9-10-23-13)16(22)18-12-14-3-6-17-15(11-14)21-7-2-5-19-21/h2-3,5-7,11,13H,4,8-10,12H2,1H3,(H,18,22)/t13-/m0/s1. The molecule has 3 rings (SSSR count). The highest BCUT2D eigenvalue weighted by molar-refractivity contribution is 7.99. The molecule has 0 saturated carbocycles. The Kier molecular flexibility index (Phi) is 5.17. The van der Waals surface area contributed by atoms with Gasteiger partial charge in [-0.2, -0.15) is 16.9 Å². The largest absolute Gasteiger partial charge is 0.334 e. The van der Waals surface area contributed by atoms with Gasteiger partial charge in [-0.05, 0) is 30.2 Å². The SMILES string of the molecule is C[C@H]1CCN(C(=O)NCc2ccnc(-n3cccn3)c2)CCS1. The first kappa shape index (κ1) is 15.9. The van der Waals surface area contributed by atoms with Crippen molar-refractivity contribution in [2.24, 2.45) is 0 Å². The molecule has 1 atom stereocenters. The molecule has 1 N–H and O–H groups in total. The number of nitrogens with zero attached hydrogens (tertiary/aromatic N) is 4. The summed E-state index contributed by atoms with van der Waals surface area (Å²) in [7, 11) is 0. The van der Waals surface area contributed by atoms with Crippen molar-refractivity contribution in [1.82, 2.24) is 25.0 Å². The second-order valence-electron chi connectivity index (χ2n) is 5.59. The van der Waals surface area contributed by atoms with Crippen molar-refractivity contribution in [3.63, 3.8) is 0 Å². The molecule has 0 radical (unpaired) electrons. The van der Waals surface area contributed by atoms with Crippen LogP contribution in [-0.4, -0.2) is 49.8 Å². The minimum atomic E-state index is 0.0113. The van der Waals surface area contributed by atoms with Gasteiger partial charge in [-0.25, -0.2) is 14.5 Å². The summed E-state index contributed by atoms with van der Waals surface area (Å²) in [5.74, 6) is 1.76. The summed E-state index contributed by atoms with van der Waals surface area (Å²) in [6.45, 7) is 4.36. The molecular formula is C16H21N5OS. The number of urea groups is 1. The Balaban J connectivity index is 1.57. The van der Waals surface area contributed by atoms with Crippen LogP contribution in [0.25, 0.3) is 5.82 Å². The topological polar surface area (TPSA) is 63.1 Å². The molecule has 0 unspecified atom stereocenters. The molecule has 23 heavy (non-hydrogen) atoms. The monoisotopic (exact) mass is 331 g/mol. The average Bonchev–Trinajstić information content (AvgIpc) is 3.02. The van der Waals surface area contributed by atoms with Crippen molar-refractivity contribution >= 4 is 17.8 Å². The van der Waals surface area contributed by atoms with E-state index in [9.17, 15) is 4.79 Å². The van der Waals surface area contributed by atoms with Gasteiger partial charge in [-0.3, -0.25) is 0 Å². The van der Waals surface area contributed by atoms with Crippen LogP contribution in [0.4, 0.5) is 4.79 Å². The maximum Gasteiger partial charge on any atom is 0.317 e. The van der Waals surface area contributed by atoms with Crippen LogP contribution in [0.5, 0.6) is 0 Å². The number of hydrogen-bond acceptors (Lipinski definition) is 4. The molecule has 122 valence electrons. The molecule has 1 aliphatic rings. The summed E-state index contributed by atoms with van der Waals surface area (Å²) < 4.78 is 1.71. The molecule has 1 saturated heterocycles. The van der Waals surface area contributed by atoms with Crippen LogP contribution in [0.15, 0.2) is 36.8 Å². The Morgan fingerprint density at radius 2 is 2.35 bits per heavy atom. The number of rotatable bonds is 3. The van der Waals surface area contributed by atoms with E-state index in [1.165, 1.54) is 0 Å². The van der Waals surface area contributed by atoms with Gasteiger partial charge >= 0.3 is 6.03 Å². The molecule has 1 aliphatic heterocycles. The molecular weight excluding hydrogens is 310 g/mol. The highest BCUT2D eigenvalue weighted by atomic mass is 32.2. The Labute approximate surface area is 140 Å². The molecule has 0 bridgehead atoms. The maximum absolute atomic E-state index is 12.3. The minimum Gasteiger partial charge on any atom is -0.334 e. The van der Waals surface area contributed by atoms with E-state index in [1.54, 1.807) is 17.1 Å². The third-order valence-corrected chi connectivity index (χ3v) is 5.07. The van der Waals surface area contributed by atoms with Gasteiger partial charge in [0, 0.05) is 49.2 Å². The van der Waals surface area contributed by atoms with Crippen LogP contribution in [0.3, 0.4) is 0 Å². The fraction of sp³-hybridized carbons (Fsp3) is 0.438. The summed E-state index contributed by atoms with van der Waals surface area (Å²) >= 11 is 1.94. The smallest absolute Gasteiger partial charge is 0.317 e. The summed E-state index contributed by atoms with van der Waals surface area (Å²) in [6, 6.07) is 5.72. The van der Waals surface area contributed by atoms with Crippen molar-refractivity contribution in [2.75, 3.05) is 18.8 Å². The first-order valence-electron chi connectivity index (χ1n) is 7.82. The van der Waals surface area contributed by atoms with Crippen LogP contribution in [-0.2, 0) is 6.54 Å². The first-order chi connectivity index (χ1) is 11.2. The number of aromatic nitrogens is 3. The zero-order valence-electron chi connectivity index (χ0n) is 13.2. The van der Waals surface area contributed by atoms with Gasteiger partial charge in [0.1, 0.15) is 0 Å². The molecule has 0 aliphatic carbocycles. The Hall–Kier alpha value is -2.02. The van der Waals surface area contributed by atoms with Gasteiger partial charge in [-0.15, -0.1) is 0 Å². The van der Waals surface area contributed by atoms with Crippen molar-refractivity contribution in [2.45, 2.75) is 25.1 Å². The van der Waals surface area contributed by atoms with E-state index in [1.807, 2.05) is 41.1 Å². The third kappa shape index (κ3) is 4.25. The van der Waals surface area contributed by atoms with Gasteiger partial charge in [0.2, 0.25) is 0 Å². The molecule has 2 amide bonds. The zero-order chi connectivity index (χ0) is 16.1. The Bertz CT molecular complexity index is 646. The number of amides is 2. The van der Waals surface area contributed by atoms with Gasteiger partial charge in [-0.1, -0.05) is 6.92 Å². The fourth-order valence-corrected chi connectivity index (χ4v) is 3.49. The number of carbonyl (C=O) groups is 1. The highest BCUT2D eigenvalue weighted by Crippen LogP contribution is 2.18. The summed E-state index contributed by atoms with van der Waals surface area (Å²) in [6.07, 6.45) is 6.36. The molecule has 3 heterocycles. The zero-order valence-corrected chi connectivity index (χ0v) is 14.0. The number of nitrogens with one attached hydrogen (secondary N) is 1. The fourth-order valence-electron chi connectivity index (χ4n) is 2.49. The van der Waals surface area contributed by atoms with E-state index in [0.717, 1.165) is 36.6 Å². The van der Waals surface area contributed by atoms with Crippen LogP contribution in [0.2, 0.25) is 0 Å². The summed E-state index contributed by atoms with van der Waals surface area (Å²) in [5, 5.41) is 7.80. The molecule has 2 aromatic heterocycles. The molecule has 2 aromatic rings. The number of thioether (sulfide) groups is 1.